The van der Waals surface area contributed by atoms with E-state index in [1.807, 2.05) is 18.0 Å². The summed E-state index contributed by atoms with van der Waals surface area (Å²) in [6.45, 7) is 2.00. The van der Waals surface area contributed by atoms with Gasteiger partial charge < -0.3 is 10.2 Å². The second-order valence-corrected chi connectivity index (χ2v) is 6.20. The fraction of sp³-hybridized carbons (Fsp3) is 0.500. The molecular formula is C14H18BrClN2O. The maximum Gasteiger partial charge on any atom is 0.255 e. The van der Waals surface area contributed by atoms with Crippen molar-refractivity contribution in [2.75, 3.05) is 20.1 Å². The predicted octanol–water partition coefficient (Wildman–Crippen LogP) is 3.32. The second-order valence-electron chi connectivity index (χ2n) is 4.87. The van der Waals surface area contributed by atoms with Crippen LogP contribution in [0, 0.1) is 0 Å². The smallest absolute Gasteiger partial charge is 0.255 e. The van der Waals surface area contributed by atoms with Crippen LogP contribution in [0.15, 0.2) is 22.7 Å². The predicted molar refractivity (Wildman–Crippen MR) is 81.8 cm³/mol. The van der Waals surface area contributed by atoms with E-state index in [9.17, 15) is 4.79 Å². The maximum absolute atomic E-state index is 12.5. The van der Waals surface area contributed by atoms with Crippen molar-refractivity contribution in [3.63, 3.8) is 0 Å². The Bertz CT molecular complexity index is 459. The summed E-state index contributed by atoms with van der Waals surface area (Å²) in [5.74, 6) is -0.00167. The van der Waals surface area contributed by atoms with E-state index in [1.165, 1.54) is 0 Å². The van der Waals surface area contributed by atoms with E-state index in [-0.39, 0.29) is 11.9 Å². The molecule has 1 aliphatic heterocycles. The van der Waals surface area contributed by atoms with Crippen LogP contribution in [0.3, 0.4) is 0 Å². The molecule has 1 fully saturated rings. The second kappa shape index (κ2) is 6.73. The molecule has 1 N–H and O–H groups in total. The zero-order valence-electron chi connectivity index (χ0n) is 11.0. The van der Waals surface area contributed by atoms with Gasteiger partial charge >= 0.3 is 0 Å². The largest absolute Gasteiger partial charge is 0.339 e. The first-order chi connectivity index (χ1) is 9.09. The van der Waals surface area contributed by atoms with Crippen molar-refractivity contribution < 1.29 is 4.79 Å². The molecule has 0 bridgehead atoms. The minimum atomic E-state index is -0.00167. The number of benzene rings is 1. The molecule has 0 saturated carbocycles. The van der Waals surface area contributed by atoms with E-state index in [1.54, 1.807) is 12.1 Å². The Kier molecular flexibility index (Phi) is 5.25. The fourth-order valence-corrected chi connectivity index (χ4v) is 2.96. The van der Waals surface area contributed by atoms with Crippen LogP contribution in [0.1, 0.15) is 29.6 Å². The average Bonchev–Trinajstić information content (AvgIpc) is 2.69. The Morgan fingerprint density at radius 2 is 2.21 bits per heavy atom. The lowest BCUT2D eigenvalue weighted by Crippen LogP contribution is -2.37. The summed E-state index contributed by atoms with van der Waals surface area (Å²) in [7, 11) is 1.87. The van der Waals surface area contributed by atoms with Crippen molar-refractivity contribution in [1.82, 2.24) is 10.2 Å². The van der Waals surface area contributed by atoms with Gasteiger partial charge in [0.15, 0.2) is 0 Å². The van der Waals surface area contributed by atoms with E-state index in [0.29, 0.717) is 10.6 Å². The van der Waals surface area contributed by atoms with Gasteiger partial charge in [-0.25, -0.2) is 0 Å². The van der Waals surface area contributed by atoms with Gasteiger partial charge in [0.05, 0.1) is 10.6 Å². The maximum atomic E-state index is 12.5. The number of halogens is 2. The summed E-state index contributed by atoms with van der Waals surface area (Å²) in [4.78, 5) is 14.4. The third-order valence-electron chi connectivity index (χ3n) is 3.57. The normalized spacial score (nSPS) is 19.8. The Morgan fingerprint density at radius 3 is 3.00 bits per heavy atom. The van der Waals surface area contributed by atoms with E-state index in [4.69, 9.17) is 11.6 Å². The lowest BCUT2D eigenvalue weighted by atomic mass is 10.1. The molecule has 1 saturated heterocycles. The minimum Gasteiger partial charge on any atom is -0.339 e. The van der Waals surface area contributed by atoms with Crippen LogP contribution in [-0.2, 0) is 0 Å². The van der Waals surface area contributed by atoms with Crippen molar-refractivity contribution in [3.8, 4) is 0 Å². The van der Waals surface area contributed by atoms with Gasteiger partial charge in [-0.1, -0.05) is 27.5 Å². The highest BCUT2D eigenvalue weighted by Crippen LogP contribution is 2.24. The summed E-state index contributed by atoms with van der Waals surface area (Å²) < 4.78 is 0.871. The van der Waals surface area contributed by atoms with Gasteiger partial charge in [-0.3, -0.25) is 4.79 Å². The van der Waals surface area contributed by atoms with Gasteiger partial charge in [0.2, 0.25) is 0 Å². The lowest BCUT2D eigenvalue weighted by Gasteiger charge is -2.27. The van der Waals surface area contributed by atoms with Crippen molar-refractivity contribution in [2.24, 2.45) is 0 Å². The highest BCUT2D eigenvalue weighted by atomic mass is 79.9. The monoisotopic (exact) mass is 344 g/mol. The van der Waals surface area contributed by atoms with Gasteiger partial charge in [-0.05, 0) is 50.6 Å². The molecule has 1 unspecified atom stereocenters. The van der Waals surface area contributed by atoms with Crippen molar-refractivity contribution >= 4 is 33.4 Å². The van der Waals surface area contributed by atoms with Crippen LogP contribution in [0.25, 0.3) is 0 Å². The number of carbonyl (C=O) groups is 1. The average molecular weight is 346 g/mol. The number of hydrogen-bond acceptors (Lipinski definition) is 2. The van der Waals surface area contributed by atoms with E-state index in [0.717, 1.165) is 36.8 Å². The Hall–Kier alpha value is -0.580. The molecule has 5 heteroatoms. The molecule has 0 aromatic heterocycles. The number of carbonyl (C=O) groups excluding carboxylic acids is 1. The van der Waals surface area contributed by atoms with Gasteiger partial charge in [0.25, 0.3) is 5.91 Å². The van der Waals surface area contributed by atoms with Crippen LogP contribution >= 0.6 is 27.5 Å². The van der Waals surface area contributed by atoms with Gasteiger partial charge in [0.1, 0.15) is 0 Å². The standard InChI is InChI=1S/C14H18BrClN2O/c1-18(11-3-2-7-17-8-6-11)14(19)12-9-10(15)4-5-13(12)16/h4-5,9,11,17H,2-3,6-8H2,1H3. The summed E-state index contributed by atoms with van der Waals surface area (Å²) in [5, 5.41) is 3.87. The first kappa shape index (κ1) is 14.8. The fourth-order valence-electron chi connectivity index (χ4n) is 2.41. The molecule has 1 aromatic rings. The third kappa shape index (κ3) is 3.71. The number of nitrogens with one attached hydrogen (secondary N) is 1. The molecule has 3 nitrogen and oxygen atoms in total. The summed E-state index contributed by atoms with van der Waals surface area (Å²) in [5.41, 5.74) is 0.566. The SMILES string of the molecule is CN(C(=O)c1cc(Br)ccc1Cl)C1CCCNCC1. The lowest BCUT2D eigenvalue weighted by molar-refractivity contribution is 0.0720. The van der Waals surface area contributed by atoms with Crippen molar-refractivity contribution in [1.29, 1.82) is 0 Å². The molecule has 1 amide bonds. The van der Waals surface area contributed by atoms with Crippen LogP contribution in [0.5, 0.6) is 0 Å². The Morgan fingerprint density at radius 1 is 1.42 bits per heavy atom. The highest BCUT2D eigenvalue weighted by molar-refractivity contribution is 9.10. The molecule has 104 valence electrons. The molecular weight excluding hydrogens is 328 g/mol. The first-order valence-electron chi connectivity index (χ1n) is 6.52. The molecule has 1 heterocycles. The molecule has 2 rings (SSSR count). The van der Waals surface area contributed by atoms with Gasteiger partial charge in [-0.2, -0.15) is 0 Å². The first-order valence-corrected chi connectivity index (χ1v) is 7.69. The Balaban J connectivity index is 2.15. The van der Waals surface area contributed by atoms with Crippen LogP contribution in [0.4, 0.5) is 0 Å². The zero-order valence-corrected chi connectivity index (χ0v) is 13.3. The number of rotatable bonds is 2. The van der Waals surface area contributed by atoms with Crippen LogP contribution in [0.2, 0.25) is 5.02 Å². The molecule has 1 aliphatic rings. The van der Waals surface area contributed by atoms with Crippen LogP contribution in [-0.4, -0.2) is 37.0 Å². The number of hydrogen-bond donors (Lipinski definition) is 1. The highest BCUT2D eigenvalue weighted by Gasteiger charge is 2.23. The summed E-state index contributed by atoms with van der Waals surface area (Å²) in [6.07, 6.45) is 3.14. The quantitative estimate of drug-likeness (QED) is 0.892. The van der Waals surface area contributed by atoms with E-state index >= 15 is 0 Å². The number of nitrogens with zero attached hydrogens (tertiary/aromatic N) is 1. The topological polar surface area (TPSA) is 32.3 Å². The minimum absolute atomic E-state index is 0.00167. The molecule has 0 aliphatic carbocycles. The summed E-state index contributed by atoms with van der Waals surface area (Å²) in [6, 6.07) is 5.67. The summed E-state index contributed by atoms with van der Waals surface area (Å²) >= 11 is 9.51. The van der Waals surface area contributed by atoms with E-state index < -0.39 is 0 Å². The molecule has 0 radical (unpaired) electrons. The van der Waals surface area contributed by atoms with Crippen molar-refractivity contribution in [3.05, 3.63) is 33.3 Å². The van der Waals surface area contributed by atoms with E-state index in [2.05, 4.69) is 21.2 Å². The molecule has 0 spiro atoms. The van der Waals surface area contributed by atoms with Gasteiger partial charge in [-0.15, -0.1) is 0 Å². The third-order valence-corrected chi connectivity index (χ3v) is 4.39. The molecule has 1 atom stereocenters. The van der Waals surface area contributed by atoms with Crippen LogP contribution < -0.4 is 5.32 Å². The van der Waals surface area contributed by atoms with Crippen molar-refractivity contribution in [2.45, 2.75) is 25.3 Å². The number of amides is 1. The molecule has 1 aromatic carbocycles. The van der Waals surface area contributed by atoms with Gasteiger partial charge in [0, 0.05) is 17.6 Å². The Labute approximate surface area is 127 Å². The zero-order chi connectivity index (χ0) is 13.8. The molecule has 19 heavy (non-hydrogen) atoms.